The highest BCUT2D eigenvalue weighted by molar-refractivity contribution is 4.36. The molecular formula is C14H28F2O6. The summed E-state index contributed by atoms with van der Waals surface area (Å²) < 4.78 is 54.2. The van der Waals surface area contributed by atoms with Gasteiger partial charge < -0.3 is 28.4 Å². The smallest absolute Gasteiger partial charge is 0.113 e. The number of hydrogen-bond donors (Lipinski definition) is 0. The summed E-state index contributed by atoms with van der Waals surface area (Å²) in [5.41, 5.74) is 0. The Morgan fingerprint density at radius 1 is 0.318 bits per heavy atom. The normalized spacial score (nSPS) is 11.2. The molecule has 0 atom stereocenters. The van der Waals surface area contributed by atoms with Crippen LogP contribution in [0.2, 0.25) is 0 Å². The van der Waals surface area contributed by atoms with Gasteiger partial charge >= 0.3 is 0 Å². The average molecular weight is 330 g/mol. The van der Waals surface area contributed by atoms with Crippen molar-refractivity contribution in [2.75, 3.05) is 92.6 Å². The molecule has 0 spiro atoms. The Kier molecular flexibility index (Phi) is 20.3. The van der Waals surface area contributed by atoms with E-state index in [0.29, 0.717) is 66.1 Å². The molecule has 22 heavy (non-hydrogen) atoms. The molecule has 0 bridgehead atoms. The second-order valence-electron chi connectivity index (χ2n) is 4.05. The SMILES string of the molecule is FCCOCCOCCOCCOCCOCCOCCF. The number of rotatable bonds is 19. The molecule has 0 aliphatic rings. The summed E-state index contributed by atoms with van der Waals surface area (Å²) in [5.74, 6) is 0. The van der Waals surface area contributed by atoms with Crippen LogP contribution in [0.5, 0.6) is 0 Å². The van der Waals surface area contributed by atoms with Gasteiger partial charge in [0.2, 0.25) is 0 Å². The van der Waals surface area contributed by atoms with E-state index in [1.165, 1.54) is 0 Å². The highest BCUT2D eigenvalue weighted by Gasteiger charge is 1.93. The largest absolute Gasteiger partial charge is 0.377 e. The van der Waals surface area contributed by atoms with Crippen molar-refractivity contribution in [2.24, 2.45) is 0 Å². The van der Waals surface area contributed by atoms with Crippen LogP contribution in [0.15, 0.2) is 0 Å². The van der Waals surface area contributed by atoms with E-state index < -0.39 is 13.3 Å². The summed E-state index contributed by atoms with van der Waals surface area (Å²) in [6, 6.07) is 0. The minimum absolute atomic E-state index is 0.117. The molecule has 0 unspecified atom stereocenters. The number of hydrogen-bond acceptors (Lipinski definition) is 6. The van der Waals surface area contributed by atoms with Crippen LogP contribution < -0.4 is 0 Å². The molecule has 0 aliphatic carbocycles. The Bertz CT molecular complexity index is 180. The lowest BCUT2D eigenvalue weighted by Crippen LogP contribution is -2.14. The molecule has 134 valence electrons. The van der Waals surface area contributed by atoms with Crippen molar-refractivity contribution < 1.29 is 37.2 Å². The van der Waals surface area contributed by atoms with Crippen LogP contribution in [0.1, 0.15) is 0 Å². The highest BCUT2D eigenvalue weighted by Crippen LogP contribution is 1.84. The average Bonchev–Trinajstić information content (AvgIpc) is 2.54. The maximum absolute atomic E-state index is 11.7. The molecule has 0 rings (SSSR count). The van der Waals surface area contributed by atoms with Gasteiger partial charge in [0.1, 0.15) is 13.3 Å². The molecule has 0 saturated heterocycles. The van der Waals surface area contributed by atoms with Crippen molar-refractivity contribution in [3.8, 4) is 0 Å². The quantitative estimate of drug-likeness (QED) is 0.330. The van der Waals surface area contributed by atoms with E-state index in [-0.39, 0.29) is 13.2 Å². The van der Waals surface area contributed by atoms with Gasteiger partial charge in [0.15, 0.2) is 0 Å². The van der Waals surface area contributed by atoms with E-state index in [1.807, 2.05) is 0 Å². The summed E-state index contributed by atoms with van der Waals surface area (Å²) in [5, 5.41) is 0. The van der Waals surface area contributed by atoms with Gasteiger partial charge in [-0.3, -0.25) is 0 Å². The third-order valence-electron chi connectivity index (χ3n) is 2.30. The fourth-order valence-electron chi connectivity index (χ4n) is 1.31. The van der Waals surface area contributed by atoms with Crippen molar-refractivity contribution in [3.63, 3.8) is 0 Å². The van der Waals surface area contributed by atoms with Crippen LogP contribution in [0.4, 0.5) is 8.78 Å². The molecule has 0 fully saturated rings. The first kappa shape index (κ1) is 21.6. The molecule has 0 heterocycles. The number of ether oxygens (including phenoxy) is 6. The van der Waals surface area contributed by atoms with E-state index in [2.05, 4.69) is 0 Å². The first-order valence-corrected chi connectivity index (χ1v) is 7.50. The molecule has 0 aliphatic heterocycles. The van der Waals surface area contributed by atoms with Gasteiger partial charge in [0.25, 0.3) is 0 Å². The fraction of sp³-hybridized carbons (Fsp3) is 1.00. The predicted molar refractivity (Wildman–Crippen MR) is 76.9 cm³/mol. The van der Waals surface area contributed by atoms with Crippen molar-refractivity contribution >= 4 is 0 Å². The molecule has 8 heteroatoms. The van der Waals surface area contributed by atoms with E-state index >= 15 is 0 Å². The maximum atomic E-state index is 11.7. The van der Waals surface area contributed by atoms with Crippen molar-refractivity contribution in [2.45, 2.75) is 0 Å². The van der Waals surface area contributed by atoms with Crippen LogP contribution in [0, 0.1) is 0 Å². The Balaban J connectivity index is 2.91. The molecule has 0 saturated carbocycles. The summed E-state index contributed by atoms with van der Waals surface area (Å²) in [7, 11) is 0. The topological polar surface area (TPSA) is 55.4 Å². The van der Waals surface area contributed by atoms with Crippen molar-refractivity contribution in [1.29, 1.82) is 0 Å². The Morgan fingerprint density at radius 2 is 0.500 bits per heavy atom. The summed E-state index contributed by atoms with van der Waals surface area (Å²) in [6.45, 7) is 3.84. The molecule has 0 N–H and O–H groups in total. The zero-order chi connectivity index (χ0) is 16.1. The lowest BCUT2D eigenvalue weighted by Gasteiger charge is -2.07. The third-order valence-corrected chi connectivity index (χ3v) is 2.30. The van der Waals surface area contributed by atoms with Gasteiger partial charge in [-0.1, -0.05) is 0 Å². The fourth-order valence-corrected chi connectivity index (χ4v) is 1.31. The van der Waals surface area contributed by atoms with E-state index in [9.17, 15) is 8.78 Å². The van der Waals surface area contributed by atoms with Gasteiger partial charge in [-0.15, -0.1) is 0 Å². The second kappa shape index (κ2) is 20.6. The molecule has 0 aromatic carbocycles. The molecular weight excluding hydrogens is 302 g/mol. The Morgan fingerprint density at radius 3 is 0.682 bits per heavy atom. The number of alkyl halides is 2. The molecule has 0 radical (unpaired) electrons. The van der Waals surface area contributed by atoms with Crippen LogP contribution in [-0.4, -0.2) is 92.6 Å². The summed E-state index contributed by atoms with van der Waals surface area (Å²) in [6.07, 6.45) is 0. The predicted octanol–water partition coefficient (Wildman–Crippen LogP) is 1.03. The monoisotopic (exact) mass is 330 g/mol. The first-order chi connectivity index (χ1) is 10.9. The molecule has 0 aromatic heterocycles. The highest BCUT2D eigenvalue weighted by atomic mass is 19.1. The maximum Gasteiger partial charge on any atom is 0.113 e. The molecule has 0 aromatic rings. The third kappa shape index (κ3) is 19.6. The zero-order valence-electron chi connectivity index (χ0n) is 13.1. The zero-order valence-corrected chi connectivity index (χ0v) is 13.1. The lowest BCUT2D eigenvalue weighted by atomic mass is 10.7. The van der Waals surface area contributed by atoms with E-state index in [0.717, 1.165) is 0 Å². The van der Waals surface area contributed by atoms with E-state index in [4.69, 9.17) is 28.4 Å². The standard InChI is InChI=1S/C14H28F2O6/c15-1-3-17-5-7-19-9-11-21-13-14-22-12-10-20-8-6-18-4-2-16/h1-14H2. The second-order valence-corrected chi connectivity index (χ2v) is 4.05. The van der Waals surface area contributed by atoms with Crippen LogP contribution in [0.25, 0.3) is 0 Å². The minimum Gasteiger partial charge on any atom is -0.377 e. The van der Waals surface area contributed by atoms with E-state index in [1.54, 1.807) is 0 Å². The van der Waals surface area contributed by atoms with Gasteiger partial charge in [-0.05, 0) is 0 Å². The van der Waals surface area contributed by atoms with Gasteiger partial charge in [0, 0.05) is 0 Å². The molecule has 0 amide bonds. The van der Waals surface area contributed by atoms with Crippen LogP contribution in [-0.2, 0) is 28.4 Å². The first-order valence-electron chi connectivity index (χ1n) is 7.50. The van der Waals surface area contributed by atoms with Crippen molar-refractivity contribution in [3.05, 3.63) is 0 Å². The summed E-state index contributed by atoms with van der Waals surface area (Å²) >= 11 is 0. The Labute approximate surface area is 130 Å². The molecule has 6 nitrogen and oxygen atoms in total. The van der Waals surface area contributed by atoms with Gasteiger partial charge in [-0.25, -0.2) is 8.78 Å². The number of halogens is 2. The van der Waals surface area contributed by atoms with Gasteiger partial charge in [-0.2, -0.15) is 0 Å². The van der Waals surface area contributed by atoms with Crippen molar-refractivity contribution in [1.82, 2.24) is 0 Å². The Hall–Kier alpha value is -0.380. The summed E-state index contributed by atoms with van der Waals surface area (Å²) in [4.78, 5) is 0. The van der Waals surface area contributed by atoms with Crippen LogP contribution in [0.3, 0.4) is 0 Å². The minimum atomic E-state index is -0.471. The van der Waals surface area contributed by atoms with Crippen LogP contribution >= 0.6 is 0 Å². The van der Waals surface area contributed by atoms with Gasteiger partial charge in [0.05, 0.1) is 79.3 Å². The lowest BCUT2D eigenvalue weighted by molar-refractivity contribution is -0.0175.